The molecule has 0 saturated heterocycles. The SMILES string of the molecule is Cc1cc(C2(C(=O)O)CCC(O)CC2)n[nH]1. The number of aromatic nitrogens is 2. The van der Waals surface area contributed by atoms with Crippen LogP contribution in [0.25, 0.3) is 0 Å². The molecule has 0 amide bonds. The van der Waals surface area contributed by atoms with E-state index in [4.69, 9.17) is 0 Å². The van der Waals surface area contributed by atoms with Gasteiger partial charge in [-0.2, -0.15) is 5.10 Å². The van der Waals surface area contributed by atoms with Gasteiger partial charge >= 0.3 is 5.97 Å². The van der Waals surface area contributed by atoms with Crippen LogP contribution in [0.5, 0.6) is 0 Å². The molecule has 0 unspecified atom stereocenters. The predicted octanol–water partition coefficient (Wildman–Crippen LogP) is 0.975. The third-order valence-electron chi connectivity index (χ3n) is 3.41. The Labute approximate surface area is 93.5 Å². The van der Waals surface area contributed by atoms with Crippen molar-refractivity contribution in [3.63, 3.8) is 0 Å². The smallest absolute Gasteiger partial charge is 0.315 e. The van der Waals surface area contributed by atoms with Crippen LogP contribution in [-0.4, -0.2) is 32.5 Å². The number of H-pyrrole nitrogens is 1. The van der Waals surface area contributed by atoms with Crippen molar-refractivity contribution < 1.29 is 15.0 Å². The molecule has 5 nitrogen and oxygen atoms in total. The van der Waals surface area contributed by atoms with E-state index in [1.165, 1.54) is 0 Å². The van der Waals surface area contributed by atoms with Gasteiger partial charge in [-0.25, -0.2) is 0 Å². The molecule has 0 aromatic carbocycles. The molecule has 88 valence electrons. The van der Waals surface area contributed by atoms with Gasteiger partial charge < -0.3 is 10.2 Å². The summed E-state index contributed by atoms with van der Waals surface area (Å²) in [5.41, 5.74) is 0.537. The number of carboxylic acids is 1. The summed E-state index contributed by atoms with van der Waals surface area (Å²) in [4.78, 5) is 11.5. The molecule has 1 aromatic rings. The topological polar surface area (TPSA) is 86.2 Å². The normalized spacial score (nSPS) is 30.2. The van der Waals surface area contributed by atoms with E-state index in [0.29, 0.717) is 31.4 Å². The van der Waals surface area contributed by atoms with Crippen LogP contribution in [0.2, 0.25) is 0 Å². The monoisotopic (exact) mass is 224 g/mol. The van der Waals surface area contributed by atoms with Crippen LogP contribution in [0, 0.1) is 6.92 Å². The zero-order chi connectivity index (χ0) is 11.8. The van der Waals surface area contributed by atoms with E-state index in [2.05, 4.69) is 10.2 Å². The Kier molecular flexibility index (Phi) is 2.71. The summed E-state index contributed by atoms with van der Waals surface area (Å²) in [5, 5.41) is 25.7. The lowest BCUT2D eigenvalue weighted by atomic mass is 9.71. The van der Waals surface area contributed by atoms with Gasteiger partial charge in [0.15, 0.2) is 0 Å². The van der Waals surface area contributed by atoms with E-state index >= 15 is 0 Å². The maximum atomic E-state index is 11.5. The fraction of sp³-hybridized carbons (Fsp3) is 0.636. The minimum Gasteiger partial charge on any atom is -0.481 e. The molecule has 2 rings (SSSR count). The summed E-state index contributed by atoms with van der Waals surface area (Å²) in [6, 6.07) is 1.78. The molecular weight excluding hydrogens is 208 g/mol. The second-order valence-electron chi connectivity index (χ2n) is 4.55. The van der Waals surface area contributed by atoms with Crippen molar-refractivity contribution in [2.45, 2.75) is 44.1 Å². The van der Waals surface area contributed by atoms with Gasteiger partial charge in [0.2, 0.25) is 0 Å². The van der Waals surface area contributed by atoms with Crippen molar-refractivity contribution in [2.75, 3.05) is 0 Å². The van der Waals surface area contributed by atoms with Gasteiger partial charge in [0.05, 0.1) is 11.8 Å². The number of hydrogen-bond donors (Lipinski definition) is 3. The van der Waals surface area contributed by atoms with Crippen LogP contribution in [0.4, 0.5) is 0 Å². The van der Waals surface area contributed by atoms with Gasteiger partial charge in [-0.1, -0.05) is 0 Å². The summed E-state index contributed by atoms with van der Waals surface area (Å²) in [5.74, 6) is -0.842. The summed E-state index contributed by atoms with van der Waals surface area (Å²) in [6.07, 6.45) is 1.59. The molecule has 3 N–H and O–H groups in total. The minimum absolute atomic E-state index is 0.368. The predicted molar refractivity (Wildman–Crippen MR) is 57.1 cm³/mol. The van der Waals surface area contributed by atoms with Gasteiger partial charge in [-0.3, -0.25) is 9.89 Å². The van der Waals surface area contributed by atoms with Crippen LogP contribution < -0.4 is 0 Å². The molecule has 0 spiro atoms. The average Bonchev–Trinajstić information content (AvgIpc) is 2.66. The van der Waals surface area contributed by atoms with E-state index in [1.54, 1.807) is 6.07 Å². The van der Waals surface area contributed by atoms with Crippen LogP contribution in [-0.2, 0) is 10.2 Å². The second kappa shape index (κ2) is 3.90. The lowest BCUT2D eigenvalue weighted by molar-refractivity contribution is -0.146. The van der Waals surface area contributed by atoms with Crippen molar-refractivity contribution in [3.05, 3.63) is 17.5 Å². The number of nitrogens with one attached hydrogen (secondary N) is 1. The molecule has 1 fully saturated rings. The highest BCUT2D eigenvalue weighted by Crippen LogP contribution is 2.39. The first-order chi connectivity index (χ1) is 7.54. The van der Waals surface area contributed by atoms with Gasteiger partial charge in [-0.05, 0) is 38.7 Å². The quantitative estimate of drug-likeness (QED) is 0.698. The minimum atomic E-state index is -0.913. The number of hydrogen-bond acceptors (Lipinski definition) is 3. The number of aliphatic hydroxyl groups excluding tert-OH is 1. The molecule has 0 radical (unpaired) electrons. The Morgan fingerprint density at radius 3 is 2.62 bits per heavy atom. The molecule has 1 saturated carbocycles. The van der Waals surface area contributed by atoms with E-state index in [9.17, 15) is 15.0 Å². The fourth-order valence-electron chi connectivity index (χ4n) is 2.34. The first-order valence-electron chi connectivity index (χ1n) is 5.48. The number of rotatable bonds is 2. The number of aryl methyl sites for hydroxylation is 1. The second-order valence-corrected chi connectivity index (χ2v) is 4.55. The summed E-state index contributed by atoms with van der Waals surface area (Å²) in [6.45, 7) is 1.85. The molecule has 0 aliphatic heterocycles. The number of aliphatic carboxylic acids is 1. The van der Waals surface area contributed by atoms with E-state index in [-0.39, 0.29) is 6.10 Å². The first-order valence-corrected chi connectivity index (χ1v) is 5.48. The number of aliphatic hydroxyl groups is 1. The standard InChI is InChI=1S/C11H16N2O3/c1-7-6-9(13-12-7)11(10(15)16)4-2-8(14)3-5-11/h6,8,14H,2-5H2,1H3,(H,12,13)(H,15,16). The summed E-state index contributed by atoms with van der Waals surface area (Å²) >= 11 is 0. The lowest BCUT2D eigenvalue weighted by Gasteiger charge is -2.33. The fourth-order valence-corrected chi connectivity index (χ4v) is 2.34. The summed E-state index contributed by atoms with van der Waals surface area (Å²) in [7, 11) is 0. The Balaban J connectivity index is 2.33. The molecule has 16 heavy (non-hydrogen) atoms. The highest BCUT2D eigenvalue weighted by Gasteiger charge is 2.45. The van der Waals surface area contributed by atoms with Gasteiger partial charge in [0, 0.05) is 5.69 Å². The van der Waals surface area contributed by atoms with Gasteiger partial charge in [0.1, 0.15) is 5.41 Å². The lowest BCUT2D eigenvalue weighted by Crippen LogP contribution is -2.41. The van der Waals surface area contributed by atoms with Crippen LogP contribution in [0.15, 0.2) is 6.07 Å². The molecule has 1 heterocycles. The number of aromatic amines is 1. The molecule has 1 aliphatic carbocycles. The van der Waals surface area contributed by atoms with Crippen molar-refractivity contribution in [1.29, 1.82) is 0 Å². The molecule has 1 aromatic heterocycles. The number of nitrogens with zero attached hydrogens (tertiary/aromatic N) is 1. The first kappa shape index (κ1) is 11.1. The summed E-state index contributed by atoms with van der Waals surface area (Å²) < 4.78 is 0. The Morgan fingerprint density at radius 1 is 1.56 bits per heavy atom. The number of carboxylic acid groups (broad SMARTS) is 1. The third-order valence-corrected chi connectivity index (χ3v) is 3.41. The molecule has 0 atom stereocenters. The Bertz CT molecular complexity index is 392. The van der Waals surface area contributed by atoms with Crippen LogP contribution in [0.1, 0.15) is 37.1 Å². The Hall–Kier alpha value is -1.36. The van der Waals surface area contributed by atoms with Crippen molar-refractivity contribution in [1.82, 2.24) is 10.2 Å². The highest BCUT2D eigenvalue weighted by atomic mass is 16.4. The van der Waals surface area contributed by atoms with Crippen LogP contribution >= 0.6 is 0 Å². The molecule has 5 heteroatoms. The van der Waals surface area contributed by atoms with E-state index in [0.717, 1.165) is 5.69 Å². The van der Waals surface area contributed by atoms with Crippen LogP contribution in [0.3, 0.4) is 0 Å². The van der Waals surface area contributed by atoms with Crippen molar-refractivity contribution in [3.8, 4) is 0 Å². The highest BCUT2D eigenvalue weighted by molar-refractivity contribution is 5.80. The van der Waals surface area contributed by atoms with E-state index < -0.39 is 11.4 Å². The zero-order valence-electron chi connectivity index (χ0n) is 9.23. The van der Waals surface area contributed by atoms with Crippen molar-refractivity contribution >= 4 is 5.97 Å². The van der Waals surface area contributed by atoms with Gasteiger partial charge in [0.25, 0.3) is 0 Å². The van der Waals surface area contributed by atoms with E-state index in [1.807, 2.05) is 6.92 Å². The third kappa shape index (κ3) is 1.71. The van der Waals surface area contributed by atoms with Crippen molar-refractivity contribution in [2.24, 2.45) is 0 Å². The largest absolute Gasteiger partial charge is 0.481 e. The molecular formula is C11H16N2O3. The number of carbonyl (C=O) groups is 1. The molecule has 0 bridgehead atoms. The average molecular weight is 224 g/mol. The Morgan fingerprint density at radius 2 is 2.19 bits per heavy atom. The zero-order valence-corrected chi connectivity index (χ0v) is 9.23. The van der Waals surface area contributed by atoms with Gasteiger partial charge in [-0.15, -0.1) is 0 Å². The maximum Gasteiger partial charge on any atom is 0.315 e. The maximum absolute atomic E-state index is 11.5. The molecule has 1 aliphatic rings.